The van der Waals surface area contributed by atoms with Crippen LogP contribution in [0.25, 0.3) is 0 Å². The number of benzene rings is 1. The minimum absolute atomic E-state index is 0.100. The minimum Gasteiger partial charge on any atom is -0.385 e. The molecule has 2 heterocycles. The van der Waals surface area contributed by atoms with Crippen LogP contribution in [-0.4, -0.2) is 31.3 Å². The molecule has 3 rings (SSSR count). The van der Waals surface area contributed by atoms with Gasteiger partial charge in [-0.2, -0.15) is 0 Å². The van der Waals surface area contributed by atoms with Crippen LogP contribution in [0.1, 0.15) is 31.1 Å². The number of amides is 1. The van der Waals surface area contributed by atoms with Gasteiger partial charge in [-0.1, -0.05) is 23.4 Å². The molecule has 2 aromatic rings. The molecule has 0 atom stereocenters. The lowest BCUT2D eigenvalue weighted by Gasteiger charge is -2.30. The Labute approximate surface area is 152 Å². The molecule has 1 aromatic heterocycles. The molecule has 1 aliphatic rings. The maximum atomic E-state index is 12.2. The predicted molar refractivity (Wildman–Crippen MR) is 104 cm³/mol. The van der Waals surface area contributed by atoms with Crippen molar-refractivity contribution in [2.75, 3.05) is 29.9 Å². The molecule has 6 heteroatoms. The Kier molecular flexibility index (Phi) is 6.06. The van der Waals surface area contributed by atoms with Crippen molar-refractivity contribution < 1.29 is 9.63 Å². The van der Waals surface area contributed by atoms with E-state index in [-0.39, 0.29) is 12.5 Å². The molecule has 1 aliphatic heterocycles. The summed E-state index contributed by atoms with van der Waals surface area (Å²) in [6, 6.07) is 11.9. The van der Waals surface area contributed by atoms with E-state index in [1.165, 1.54) is 19.3 Å². The minimum atomic E-state index is -0.202. The zero-order chi connectivity index (χ0) is 17.5. The summed E-state index contributed by atoms with van der Waals surface area (Å²) in [6.45, 7) is 3.84. The van der Waals surface area contributed by atoms with Crippen molar-refractivity contribution in [3.63, 3.8) is 0 Å². The standard InChI is InChI=1S/C19H23N3O2S/c1-15(18-10-7-13-25-18)21-24-14-19(23)20-16-8-3-4-9-17(16)22-11-5-2-6-12-22/h3-4,7-10,13H,2,5-6,11-12,14H2,1H3,(H,20,23). The first kappa shape index (κ1) is 17.5. The van der Waals surface area contributed by atoms with Crippen LogP contribution in [0.3, 0.4) is 0 Å². The van der Waals surface area contributed by atoms with E-state index in [0.717, 1.165) is 35.1 Å². The van der Waals surface area contributed by atoms with Crippen molar-refractivity contribution in [2.24, 2.45) is 5.16 Å². The summed E-state index contributed by atoms with van der Waals surface area (Å²) in [5.74, 6) is -0.202. The first-order chi connectivity index (χ1) is 12.2. The lowest BCUT2D eigenvalue weighted by Crippen LogP contribution is -2.30. The van der Waals surface area contributed by atoms with Crippen molar-refractivity contribution in [2.45, 2.75) is 26.2 Å². The number of carbonyl (C=O) groups is 1. The first-order valence-electron chi connectivity index (χ1n) is 8.58. The predicted octanol–water partition coefficient (Wildman–Crippen LogP) is 4.12. The van der Waals surface area contributed by atoms with Gasteiger partial charge in [0.15, 0.2) is 6.61 Å². The molecule has 1 aromatic carbocycles. The number of hydrogen-bond donors (Lipinski definition) is 1. The highest BCUT2D eigenvalue weighted by molar-refractivity contribution is 7.12. The van der Waals surface area contributed by atoms with E-state index < -0.39 is 0 Å². The van der Waals surface area contributed by atoms with Crippen molar-refractivity contribution in [1.29, 1.82) is 0 Å². The average Bonchev–Trinajstić information content (AvgIpc) is 3.18. The second-order valence-electron chi connectivity index (χ2n) is 6.04. The van der Waals surface area contributed by atoms with E-state index in [9.17, 15) is 4.79 Å². The summed E-state index contributed by atoms with van der Waals surface area (Å²) >= 11 is 1.59. The van der Waals surface area contributed by atoms with Crippen LogP contribution >= 0.6 is 11.3 Å². The van der Waals surface area contributed by atoms with Crippen molar-refractivity contribution >= 4 is 34.3 Å². The zero-order valence-corrected chi connectivity index (χ0v) is 15.2. The smallest absolute Gasteiger partial charge is 0.265 e. The summed E-state index contributed by atoms with van der Waals surface area (Å²) < 4.78 is 0. The molecular weight excluding hydrogens is 334 g/mol. The van der Waals surface area contributed by atoms with E-state index >= 15 is 0 Å². The number of carbonyl (C=O) groups excluding carboxylic acids is 1. The topological polar surface area (TPSA) is 53.9 Å². The Bertz CT molecular complexity index is 722. The highest BCUT2D eigenvalue weighted by Crippen LogP contribution is 2.28. The fourth-order valence-corrected chi connectivity index (χ4v) is 3.56. The maximum Gasteiger partial charge on any atom is 0.265 e. The molecule has 0 radical (unpaired) electrons. The Morgan fingerprint density at radius 2 is 2.00 bits per heavy atom. The van der Waals surface area contributed by atoms with Crippen LogP contribution in [0.4, 0.5) is 11.4 Å². The highest BCUT2D eigenvalue weighted by atomic mass is 32.1. The van der Waals surface area contributed by atoms with Crippen LogP contribution in [0, 0.1) is 0 Å². The summed E-state index contributed by atoms with van der Waals surface area (Å²) in [6.07, 6.45) is 3.67. The average molecular weight is 357 g/mol. The normalized spacial score (nSPS) is 15.1. The number of hydrogen-bond acceptors (Lipinski definition) is 5. The summed E-state index contributed by atoms with van der Waals surface area (Å²) in [7, 11) is 0. The maximum absolute atomic E-state index is 12.2. The van der Waals surface area contributed by atoms with Crippen LogP contribution in [0.15, 0.2) is 46.9 Å². The molecule has 0 unspecified atom stereocenters. The van der Waals surface area contributed by atoms with Crippen LogP contribution in [0.5, 0.6) is 0 Å². The number of rotatable bonds is 6. The Hall–Kier alpha value is -2.34. The molecule has 0 aliphatic carbocycles. The first-order valence-corrected chi connectivity index (χ1v) is 9.46. The van der Waals surface area contributed by atoms with E-state index in [0.29, 0.717) is 0 Å². The molecule has 5 nitrogen and oxygen atoms in total. The van der Waals surface area contributed by atoms with Gasteiger partial charge >= 0.3 is 0 Å². The number of oxime groups is 1. The molecule has 0 bridgehead atoms. The van der Waals surface area contributed by atoms with Gasteiger partial charge in [-0.05, 0) is 49.8 Å². The molecule has 132 valence electrons. The third kappa shape index (κ3) is 4.82. The van der Waals surface area contributed by atoms with Crippen molar-refractivity contribution in [3.05, 3.63) is 46.7 Å². The summed E-state index contributed by atoms with van der Waals surface area (Å²) in [5, 5.41) is 8.95. The largest absolute Gasteiger partial charge is 0.385 e. The highest BCUT2D eigenvalue weighted by Gasteiger charge is 2.15. The molecule has 0 saturated carbocycles. The SMILES string of the molecule is CC(=NOCC(=O)Nc1ccccc1N1CCCCC1)c1cccs1. The van der Waals surface area contributed by atoms with Gasteiger partial charge in [-0.15, -0.1) is 11.3 Å². The van der Waals surface area contributed by atoms with E-state index in [2.05, 4.69) is 21.4 Å². The quantitative estimate of drug-likeness (QED) is 0.625. The third-order valence-corrected chi connectivity index (χ3v) is 5.13. The van der Waals surface area contributed by atoms with Crippen molar-refractivity contribution in [1.82, 2.24) is 0 Å². The van der Waals surface area contributed by atoms with Gasteiger partial charge < -0.3 is 15.1 Å². The van der Waals surface area contributed by atoms with Gasteiger partial charge in [0.2, 0.25) is 0 Å². The van der Waals surface area contributed by atoms with E-state index in [1.54, 1.807) is 11.3 Å². The molecule has 1 amide bonds. The molecule has 1 fully saturated rings. The molecule has 0 spiro atoms. The molecule has 25 heavy (non-hydrogen) atoms. The van der Waals surface area contributed by atoms with Gasteiger partial charge in [0.25, 0.3) is 5.91 Å². The van der Waals surface area contributed by atoms with Gasteiger partial charge in [0, 0.05) is 13.1 Å². The monoisotopic (exact) mass is 357 g/mol. The third-order valence-electron chi connectivity index (χ3n) is 4.15. The number of thiophene rings is 1. The molecule has 1 saturated heterocycles. The molecule has 1 N–H and O–H groups in total. The zero-order valence-electron chi connectivity index (χ0n) is 14.4. The lowest BCUT2D eigenvalue weighted by atomic mass is 10.1. The second kappa shape index (κ2) is 8.67. The number of nitrogens with zero attached hydrogens (tertiary/aromatic N) is 2. The lowest BCUT2D eigenvalue weighted by molar-refractivity contribution is -0.120. The summed E-state index contributed by atoms with van der Waals surface area (Å²) in [5.41, 5.74) is 2.68. The van der Waals surface area contributed by atoms with Gasteiger partial charge in [-0.25, -0.2) is 0 Å². The van der Waals surface area contributed by atoms with Gasteiger partial charge in [0.1, 0.15) is 0 Å². The Morgan fingerprint density at radius 3 is 2.76 bits per heavy atom. The number of piperidine rings is 1. The Balaban J connectivity index is 1.57. The fourth-order valence-electron chi connectivity index (χ4n) is 2.89. The number of para-hydroxylation sites is 2. The van der Waals surface area contributed by atoms with Gasteiger partial charge in [-0.3, -0.25) is 4.79 Å². The Morgan fingerprint density at radius 1 is 1.20 bits per heavy atom. The van der Waals surface area contributed by atoms with Crippen molar-refractivity contribution in [3.8, 4) is 0 Å². The summed E-state index contributed by atoms with van der Waals surface area (Å²) in [4.78, 5) is 20.8. The second-order valence-corrected chi connectivity index (χ2v) is 6.99. The van der Waals surface area contributed by atoms with Crippen LogP contribution in [-0.2, 0) is 9.63 Å². The van der Waals surface area contributed by atoms with Crippen LogP contribution in [0.2, 0.25) is 0 Å². The molecular formula is C19H23N3O2S. The van der Waals surface area contributed by atoms with Gasteiger partial charge in [0.05, 0.1) is 22.0 Å². The van der Waals surface area contributed by atoms with E-state index in [4.69, 9.17) is 4.84 Å². The number of nitrogens with one attached hydrogen (secondary N) is 1. The number of anilines is 2. The van der Waals surface area contributed by atoms with E-state index in [1.807, 2.05) is 42.6 Å². The fraction of sp³-hybridized carbons (Fsp3) is 0.368. The van der Waals surface area contributed by atoms with Crippen LogP contribution < -0.4 is 10.2 Å².